The average molecular weight is 281 g/mol. The van der Waals surface area contributed by atoms with Gasteiger partial charge in [0.1, 0.15) is 4.99 Å². The van der Waals surface area contributed by atoms with Crippen LogP contribution in [0.15, 0.2) is 30.5 Å². The van der Waals surface area contributed by atoms with E-state index >= 15 is 0 Å². The SMILES string of the molecule is Cn1ccc(CNc2ccc(Cl)cc2C(N)=S)n1. The number of halogens is 1. The predicted molar refractivity (Wildman–Crippen MR) is 77.9 cm³/mol. The number of aromatic nitrogens is 2. The van der Waals surface area contributed by atoms with Crippen molar-refractivity contribution in [2.24, 2.45) is 12.8 Å². The van der Waals surface area contributed by atoms with Crippen LogP contribution in [0.4, 0.5) is 5.69 Å². The van der Waals surface area contributed by atoms with Gasteiger partial charge < -0.3 is 11.1 Å². The number of anilines is 1. The zero-order valence-electron chi connectivity index (χ0n) is 9.85. The Morgan fingerprint density at radius 1 is 1.50 bits per heavy atom. The Kier molecular flexibility index (Phi) is 3.84. The number of nitrogens with zero attached hydrogens (tertiary/aromatic N) is 2. The van der Waals surface area contributed by atoms with E-state index in [0.29, 0.717) is 16.6 Å². The quantitative estimate of drug-likeness (QED) is 0.844. The molecule has 0 aliphatic carbocycles. The highest BCUT2D eigenvalue weighted by Gasteiger charge is 2.06. The van der Waals surface area contributed by atoms with Crippen LogP contribution in [-0.2, 0) is 13.6 Å². The molecule has 0 unspecified atom stereocenters. The van der Waals surface area contributed by atoms with Crippen molar-refractivity contribution in [2.45, 2.75) is 6.54 Å². The third kappa shape index (κ3) is 3.00. The summed E-state index contributed by atoms with van der Waals surface area (Å²) >= 11 is 10.9. The summed E-state index contributed by atoms with van der Waals surface area (Å²) in [5, 5.41) is 8.14. The summed E-state index contributed by atoms with van der Waals surface area (Å²) in [5.41, 5.74) is 8.22. The lowest BCUT2D eigenvalue weighted by Crippen LogP contribution is -2.13. The Bertz CT molecular complexity index is 579. The summed E-state index contributed by atoms with van der Waals surface area (Å²) in [6.45, 7) is 0.609. The van der Waals surface area contributed by atoms with E-state index in [1.807, 2.05) is 25.4 Å². The van der Waals surface area contributed by atoms with E-state index in [0.717, 1.165) is 16.9 Å². The molecule has 0 bridgehead atoms. The lowest BCUT2D eigenvalue weighted by molar-refractivity contribution is 0.747. The Hall–Kier alpha value is -1.59. The van der Waals surface area contributed by atoms with Crippen molar-refractivity contribution >= 4 is 34.5 Å². The van der Waals surface area contributed by atoms with Crippen LogP contribution in [0.1, 0.15) is 11.3 Å². The van der Waals surface area contributed by atoms with Crippen LogP contribution >= 0.6 is 23.8 Å². The molecule has 1 aromatic carbocycles. The molecule has 0 fully saturated rings. The number of benzene rings is 1. The van der Waals surface area contributed by atoms with Gasteiger partial charge in [-0.2, -0.15) is 5.10 Å². The minimum absolute atomic E-state index is 0.320. The van der Waals surface area contributed by atoms with Gasteiger partial charge in [0, 0.05) is 29.5 Å². The highest BCUT2D eigenvalue weighted by atomic mass is 35.5. The van der Waals surface area contributed by atoms with Gasteiger partial charge in [-0.3, -0.25) is 4.68 Å². The fourth-order valence-corrected chi connectivity index (χ4v) is 1.96. The fraction of sp³-hybridized carbons (Fsp3) is 0.167. The summed E-state index contributed by atoms with van der Waals surface area (Å²) < 4.78 is 1.76. The maximum atomic E-state index is 5.92. The Labute approximate surface area is 116 Å². The van der Waals surface area contributed by atoms with E-state index < -0.39 is 0 Å². The second-order valence-corrected chi connectivity index (χ2v) is 4.76. The predicted octanol–water partition coefficient (Wildman–Crippen LogP) is 2.32. The van der Waals surface area contributed by atoms with E-state index in [1.54, 1.807) is 16.8 Å². The summed E-state index contributed by atoms with van der Waals surface area (Å²) in [5.74, 6) is 0. The molecule has 94 valence electrons. The molecule has 0 saturated heterocycles. The first-order chi connectivity index (χ1) is 8.56. The van der Waals surface area contributed by atoms with E-state index in [1.165, 1.54) is 0 Å². The van der Waals surface area contributed by atoms with Crippen molar-refractivity contribution in [3.8, 4) is 0 Å². The summed E-state index contributed by atoms with van der Waals surface area (Å²) in [6, 6.07) is 7.36. The molecule has 0 radical (unpaired) electrons. The van der Waals surface area contributed by atoms with E-state index in [9.17, 15) is 0 Å². The molecule has 3 N–H and O–H groups in total. The third-order valence-electron chi connectivity index (χ3n) is 2.48. The minimum Gasteiger partial charge on any atom is -0.389 e. The first-order valence-electron chi connectivity index (χ1n) is 5.38. The van der Waals surface area contributed by atoms with Crippen molar-refractivity contribution in [3.05, 3.63) is 46.7 Å². The van der Waals surface area contributed by atoms with Gasteiger partial charge in [-0.25, -0.2) is 0 Å². The number of thiocarbonyl (C=S) groups is 1. The Morgan fingerprint density at radius 3 is 2.89 bits per heavy atom. The molecule has 2 aromatic rings. The number of aryl methyl sites for hydroxylation is 1. The molecule has 0 saturated carbocycles. The second kappa shape index (κ2) is 5.37. The first kappa shape index (κ1) is 12.9. The van der Waals surface area contributed by atoms with Crippen molar-refractivity contribution in [1.29, 1.82) is 0 Å². The highest BCUT2D eigenvalue weighted by Crippen LogP contribution is 2.21. The average Bonchev–Trinajstić information content (AvgIpc) is 2.73. The molecule has 6 heteroatoms. The van der Waals surface area contributed by atoms with Crippen LogP contribution in [0.25, 0.3) is 0 Å². The van der Waals surface area contributed by atoms with Crippen LogP contribution in [0.2, 0.25) is 5.02 Å². The molecule has 1 aromatic heterocycles. The van der Waals surface area contributed by atoms with Crippen LogP contribution in [-0.4, -0.2) is 14.8 Å². The highest BCUT2D eigenvalue weighted by molar-refractivity contribution is 7.80. The maximum absolute atomic E-state index is 5.92. The van der Waals surface area contributed by atoms with Crippen LogP contribution in [0, 0.1) is 0 Å². The van der Waals surface area contributed by atoms with Gasteiger partial charge >= 0.3 is 0 Å². The van der Waals surface area contributed by atoms with E-state index in [-0.39, 0.29) is 0 Å². The van der Waals surface area contributed by atoms with Crippen LogP contribution in [0.5, 0.6) is 0 Å². The molecular weight excluding hydrogens is 268 g/mol. The molecule has 0 aliphatic rings. The lowest BCUT2D eigenvalue weighted by atomic mass is 10.1. The molecule has 0 amide bonds. The van der Waals surface area contributed by atoms with Gasteiger partial charge in [0.05, 0.1) is 12.2 Å². The zero-order valence-corrected chi connectivity index (χ0v) is 11.4. The number of hydrogen-bond donors (Lipinski definition) is 2. The van der Waals surface area contributed by atoms with Gasteiger partial charge in [-0.1, -0.05) is 23.8 Å². The summed E-state index contributed by atoms with van der Waals surface area (Å²) in [6.07, 6.45) is 1.90. The fourth-order valence-electron chi connectivity index (χ4n) is 1.62. The van der Waals surface area contributed by atoms with Gasteiger partial charge in [0.15, 0.2) is 0 Å². The van der Waals surface area contributed by atoms with Crippen molar-refractivity contribution in [2.75, 3.05) is 5.32 Å². The monoisotopic (exact) mass is 280 g/mol. The molecule has 0 aliphatic heterocycles. The number of nitrogens with one attached hydrogen (secondary N) is 1. The summed E-state index contributed by atoms with van der Waals surface area (Å²) in [4.78, 5) is 0.320. The van der Waals surface area contributed by atoms with Crippen molar-refractivity contribution in [3.63, 3.8) is 0 Å². The van der Waals surface area contributed by atoms with Gasteiger partial charge in [-0.05, 0) is 24.3 Å². The van der Waals surface area contributed by atoms with Crippen LogP contribution in [0.3, 0.4) is 0 Å². The van der Waals surface area contributed by atoms with Gasteiger partial charge in [0.25, 0.3) is 0 Å². The molecule has 18 heavy (non-hydrogen) atoms. The minimum atomic E-state index is 0.320. The lowest BCUT2D eigenvalue weighted by Gasteiger charge is -2.10. The van der Waals surface area contributed by atoms with Crippen molar-refractivity contribution < 1.29 is 0 Å². The van der Waals surface area contributed by atoms with Gasteiger partial charge in [-0.15, -0.1) is 0 Å². The molecular formula is C12H13ClN4S. The Balaban J connectivity index is 2.16. The zero-order chi connectivity index (χ0) is 13.1. The maximum Gasteiger partial charge on any atom is 0.106 e. The van der Waals surface area contributed by atoms with E-state index in [4.69, 9.17) is 29.6 Å². The number of rotatable bonds is 4. The standard InChI is InChI=1S/C12H13ClN4S/c1-17-5-4-9(16-17)7-15-11-3-2-8(13)6-10(11)12(14)18/h2-6,15H,7H2,1H3,(H2,14,18). The summed E-state index contributed by atoms with van der Waals surface area (Å²) in [7, 11) is 1.88. The number of hydrogen-bond acceptors (Lipinski definition) is 3. The normalized spacial score (nSPS) is 10.3. The molecule has 0 atom stereocenters. The third-order valence-corrected chi connectivity index (χ3v) is 2.93. The molecule has 4 nitrogen and oxygen atoms in total. The molecule has 0 spiro atoms. The van der Waals surface area contributed by atoms with Crippen molar-refractivity contribution in [1.82, 2.24) is 9.78 Å². The van der Waals surface area contributed by atoms with Crippen LogP contribution < -0.4 is 11.1 Å². The van der Waals surface area contributed by atoms with Gasteiger partial charge in [0.2, 0.25) is 0 Å². The van der Waals surface area contributed by atoms with E-state index in [2.05, 4.69) is 10.4 Å². The largest absolute Gasteiger partial charge is 0.389 e. The smallest absolute Gasteiger partial charge is 0.106 e. The molecule has 1 heterocycles. The second-order valence-electron chi connectivity index (χ2n) is 3.89. The number of nitrogens with two attached hydrogens (primary N) is 1. The first-order valence-corrected chi connectivity index (χ1v) is 6.16. The Morgan fingerprint density at radius 2 is 2.28 bits per heavy atom. The molecule has 2 rings (SSSR count). The topological polar surface area (TPSA) is 55.9 Å².